The van der Waals surface area contributed by atoms with Gasteiger partial charge in [0.15, 0.2) is 0 Å². The molecule has 2 unspecified atom stereocenters. The Balaban J connectivity index is 1.63. The van der Waals surface area contributed by atoms with Crippen LogP contribution in [-0.2, 0) is 4.79 Å². The van der Waals surface area contributed by atoms with Crippen molar-refractivity contribution in [3.8, 4) is 17.3 Å². The smallest absolute Gasteiger partial charge is 0.308 e. The van der Waals surface area contributed by atoms with Gasteiger partial charge >= 0.3 is 5.97 Å². The molecule has 0 amide bonds. The minimum absolute atomic E-state index is 0.104. The zero-order valence-electron chi connectivity index (χ0n) is 14.6. The largest absolute Gasteiger partial charge is 0.481 e. The molecule has 2 N–H and O–H groups in total. The standard InChI is InChI=1S/C20H19ClN4O2/c21-20-23-15(12-3-1-11(10-22)2-4-12)9-16(25-20)24-18-14-7-5-13(6-8-14)17(18)19(26)27/h1-4,9,13-14,17-18H,5-8H2,(H,26,27)(H,23,24,25). The van der Waals surface area contributed by atoms with Crippen molar-refractivity contribution in [2.45, 2.75) is 31.7 Å². The molecular weight excluding hydrogens is 364 g/mol. The summed E-state index contributed by atoms with van der Waals surface area (Å²) in [6.07, 6.45) is 4.07. The van der Waals surface area contributed by atoms with Gasteiger partial charge in [-0.15, -0.1) is 0 Å². The van der Waals surface area contributed by atoms with Crippen LogP contribution in [0.1, 0.15) is 31.2 Å². The number of hydrogen-bond acceptors (Lipinski definition) is 5. The number of nitrogens with one attached hydrogen (secondary N) is 1. The van der Waals surface area contributed by atoms with Gasteiger partial charge < -0.3 is 10.4 Å². The topological polar surface area (TPSA) is 98.9 Å². The number of nitriles is 1. The predicted molar refractivity (Wildman–Crippen MR) is 101 cm³/mol. The van der Waals surface area contributed by atoms with E-state index in [9.17, 15) is 9.90 Å². The molecule has 0 radical (unpaired) electrons. The van der Waals surface area contributed by atoms with E-state index in [1.54, 1.807) is 18.2 Å². The Bertz CT molecular complexity index is 901. The van der Waals surface area contributed by atoms with E-state index in [0.717, 1.165) is 31.2 Å². The summed E-state index contributed by atoms with van der Waals surface area (Å²) in [5, 5.41) is 22.1. The Morgan fingerprint density at radius 2 is 1.81 bits per heavy atom. The lowest BCUT2D eigenvalue weighted by molar-refractivity contribution is -0.148. The van der Waals surface area contributed by atoms with E-state index < -0.39 is 11.9 Å². The third kappa shape index (κ3) is 3.47. The summed E-state index contributed by atoms with van der Waals surface area (Å²) in [5.74, 6) is -0.0411. The molecule has 2 bridgehead atoms. The summed E-state index contributed by atoms with van der Waals surface area (Å²) in [5.41, 5.74) is 2.02. The molecule has 2 aromatic rings. The number of nitrogens with zero attached hydrogens (tertiary/aromatic N) is 3. The van der Waals surface area contributed by atoms with Crippen LogP contribution < -0.4 is 5.32 Å². The van der Waals surface area contributed by atoms with Gasteiger partial charge in [-0.25, -0.2) is 9.97 Å². The third-order valence-electron chi connectivity index (χ3n) is 5.83. The van der Waals surface area contributed by atoms with Gasteiger partial charge in [-0.05, 0) is 61.3 Å². The summed E-state index contributed by atoms with van der Waals surface area (Å²) < 4.78 is 0. The number of rotatable bonds is 4. The zero-order valence-corrected chi connectivity index (χ0v) is 15.4. The lowest BCUT2D eigenvalue weighted by atomic mass is 9.61. The van der Waals surface area contributed by atoms with Crippen LogP contribution in [-0.4, -0.2) is 27.1 Å². The molecule has 0 saturated heterocycles. The van der Waals surface area contributed by atoms with Crippen molar-refractivity contribution < 1.29 is 9.90 Å². The molecule has 5 rings (SSSR count). The van der Waals surface area contributed by atoms with Crippen LogP contribution in [0.2, 0.25) is 5.28 Å². The van der Waals surface area contributed by atoms with E-state index >= 15 is 0 Å². The van der Waals surface area contributed by atoms with Gasteiger partial charge in [-0.3, -0.25) is 4.79 Å². The van der Waals surface area contributed by atoms with Crippen LogP contribution >= 0.6 is 11.6 Å². The second kappa shape index (κ2) is 7.16. The normalized spacial score (nSPS) is 26.4. The molecule has 7 heteroatoms. The lowest BCUT2D eigenvalue weighted by Gasteiger charge is -2.47. The highest BCUT2D eigenvalue weighted by Crippen LogP contribution is 2.46. The number of carboxylic acid groups (broad SMARTS) is 1. The highest BCUT2D eigenvalue weighted by molar-refractivity contribution is 6.28. The van der Waals surface area contributed by atoms with Crippen molar-refractivity contribution in [3.05, 3.63) is 41.2 Å². The fourth-order valence-corrected chi connectivity index (χ4v) is 4.72. The van der Waals surface area contributed by atoms with Gasteiger partial charge in [0.1, 0.15) is 5.82 Å². The van der Waals surface area contributed by atoms with E-state index in [2.05, 4.69) is 21.4 Å². The van der Waals surface area contributed by atoms with Gasteiger partial charge in [0, 0.05) is 17.7 Å². The second-order valence-electron chi connectivity index (χ2n) is 7.31. The van der Waals surface area contributed by atoms with Crippen LogP contribution in [0.15, 0.2) is 30.3 Å². The maximum Gasteiger partial charge on any atom is 0.308 e. The van der Waals surface area contributed by atoms with Crippen LogP contribution in [0.5, 0.6) is 0 Å². The average Bonchev–Trinajstić information content (AvgIpc) is 2.68. The number of benzene rings is 1. The summed E-state index contributed by atoms with van der Waals surface area (Å²) in [4.78, 5) is 20.4. The summed E-state index contributed by atoms with van der Waals surface area (Å²) in [7, 11) is 0. The molecule has 27 heavy (non-hydrogen) atoms. The molecule has 6 nitrogen and oxygen atoms in total. The Morgan fingerprint density at radius 3 is 2.44 bits per heavy atom. The number of hydrogen-bond donors (Lipinski definition) is 2. The molecule has 2 atom stereocenters. The van der Waals surface area contributed by atoms with Gasteiger partial charge in [-0.1, -0.05) is 12.1 Å². The fourth-order valence-electron chi connectivity index (χ4n) is 4.54. The van der Waals surface area contributed by atoms with Crippen molar-refractivity contribution in [3.63, 3.8) is 0 Å². The molecule has 3 saturated carbocycles. The number of halogens is 1. The molecule has 138 valence electrons. The van der Waals surface area contributed by atoms with Gasteiger partial charge in [0.25, 0.3) is 0 Å². The minimum atomic E-state index is -0.741. The Hall–Kier alpha value is -2.65. The van der Waals surface area contributed by atoms with Crippen LogP contribution in [0.25, 0.3) is 11.3 Å². The molecule has 3 fully saturated rings. The van der Waals surface area contributed by atoms with Crippen molar-refractivity contribution in [1.82, 2.24) is 9.97 Å². The quantitative estimate of drug-likeness (QED) is 0.776. The minimum Gasteiger partial charge on any atom is -0.481 e. The van der Waals surface area contributed by atoms with Crippen molar-refractivity contribution in [1.29, 1.82) is 5.26 Å². The summed E-state index contributed by atoms with van der Waals surface area (Å²) in [6.45, 7) is 0. The molecule has 3 aliphatic rings. The molecule has 1 aromatic carbocycles. The fraction of sp³-hybridized carbons (Fsp3) is 0.400. The van der Waals surface area contributed by atoms with Gasteiger partial charge in [-0.2, -0.15) is 5.26 Å². The first-order valence-electron chi connectivity index (χ1n) is 9.09. The van der Waals surface area contributed by atoms with Crippen molar-refractivity contribution >= 4 is 23.4 Å². The molecule has 3 aliphatic carbocycles. The van der Waals surface area contributed by atoms with E-state index in [4.69, 9.17) is 16.9 Å². The first-order chi connectivity index (χ1) is 13.0. The number of aliphatic carboxylic acids is 1. The van der Waals surface area contributed by atoms with Crippen molar-refractivity contribution in [2.75, 3.05) is 5.32 Å². The predicted octanol–water partition coefficient (Wildman–Crippen LogP) is 3.97. The van der Waals surface area contributed by atoms with Gasteiger partial charge in [0.05, 0.1) is 23.2 Å². The maximum atomic E-state index is 11.8. The Morgan fingerprint density at radius 1 is 1.15 bits per heavy atom. The third-order valence-corrected chi connectivity index (χ3v) is 6.00. The van der Waals surface area contributed by atoms with Crippen LogP contribution in [0.4, 0.5) is 5.82 Å². The maximum absolute atomic E-state index is 11.8. The monoisotopic (exact) mass is 382 g/mol. The van der Waals surface area contributed by atoms with Crippen molar-refractivity contribution in [2.24, 2.45) is 17.8 Å². The zero-order chi connectivity index (χ0) is 19.0. The molecular formula is C20H19ClN4O2. The van der Waals surface area contributed by atoms with E-state index in [1.807, 2.05) is 12.1 Å². The van der Waals surface area contributed by atoms with Crippen LogP contribution in [0.3, 0.4) is 0 Å². The summed E-state index contributed by atoms with van der Waals surface area (Å²) >= 11 is 6.12. The molecule has 1 heterocycles. The number of anilines is 1. The highest BCUT2D eigenvalue weighted by Gasteiger charge is 2.47. The number of fused-ring (bicyclic) bond motifs is 3. The average molecular weight is 383 g/mol. The number of carbonyl (C=O) groups is 1. The first-order valence-corrected chi connectivity index (χ1v) is 9.47. The Labute approximate surface area is 162 Å². The first kappa shape index (κ1) is 17.7. The number of carboxylic acids is 1. The number of aromatic nitrogens is 2. The highest BCUT2D eigenvalue weighted by atomic mass is 35.5. The molecule has 1 aromatic heterocycles. The second-order valence-corrected chi connectivity index (χ2v) is 7.64. The van der Waals surface area contributed by atoms with Gasteiger partial charge in [0.2, 0.25) is 5.28 Å². The summed E-state index contributed by atoms with van der Waals surface area (Å²) in [6, 6.07) is 10.8. The SMILES string of the molecule is N#Cc1ccc(-c2cc(NC3C4CCC(CC4)C3C(=O)O)nc(Cl)n2)cc1. The lowest BCUT2D eigenvalue weighted by Crippen LogP contribution is -2.51. The van der Waals surface area contributed by atoms with Crippen LogP contribution in [0, 0.1) is 29.1 Å². The molecule has 0 spiro atoms. The molecule has 0 aliphatic heterocycles. The van der Waals surface area contributed by atoms with E-state index in [-0.39, 0.29) is 17.2 Å². The Kier molecular flexibility index (Phi) is 4.71. The van der Waals surface area contributed by atoms with E-state index in [0.29, 0.717) is 23.0 Å². The van der Waals surface area contributed by atoms with E-state index in [1.165, 1.54) is 0 Å².